The first-order valence-electron chi connectivity index (χ1n) is 7.55. The van der Waals surface area contributed by atoms with Gasteiger partial charge in [0, 0.05) is 6.42 Å². The zero-order valence-corrected chi connectivity index (χ0v) is 12.4. The Balaban J connectivity index is 2.02. The molecule has 0 spiro atoms. The summed E-state index contributed by atoms with van der Waals surface area (Å²) in [6.07, 6.45) is 6.04. The Morgan fingerprint density at radius 3 is 2.85 bits per heavy atom. The highest BCUT2D eigenvalue weighted by Crippen LogP contribution is 2.30. The summed E-state index contributed by atoms with van der Waals surface area (Å²) in [4.78, 5) is 11.5. The third-order valence-electron chi connectivity index (χ3n) is 4.04. The molecule has 2 unspecified atom stereocenters. The van der Waals surface area contributed by atoms with Gasteiger partial charge < -0.3 is 9.47 Å². The van der Waals surface area contributed by atoms with E-state index in [9.17, 15) is 4.79 Å². The molecule has 1 aromatic carbocycles. The van der Waals surface area contributed by atoms with Gasteiger partial charge in [-0.05, 0) is 49.3 Å². The van der Waals surface area contributed by atoms with Crippen LogP contribution < -0.4 is 4.74 Å². The largest absolute Gasteiger partial charge is 0.497 e. The van der Waals surface area contributed by atoms with Crippen LogP contribution in [0.25, 0.3) is 0 Å². The number of carbonyl (C=O) groups is 1. The van der Waals surface area contributed by atoms with Crippen LogP contribution in [0.1, 0.15) is 44.6 Å². The molecule has 20 heavy (non-hydrogen) atoms. The Hall–Kier alpha value is -1.51. The molecule has 0 radical (unpaired) electrons. The summed E-state index contributed by atoms with van der Waals surface area (Å²) in [6, 6.07) is 8.17. The molecule has 2 rings (SSSR count). The van der Waals surface area contributed by atoms with Gasteiger partial charge in [-0.3, -0.25) is 4.79 Å². The molecule has 0 aliphatic heterocycles. The molecule has 3 nitrogen and oxygen atoms in total. The smallest absolute Gasteiger partial charge is 0.305 e. The van der Waals surface area contributed by atoms with Gasteiger partial charge in [0.1, 0.15) is 11.9 Å². The second kappa shape index (κ2) is 7.32. The van der Waals surface area contributed by atoms with Crippen molar-refractivity contribution in [2.75, 3.05) is 7.11 Å². The van der Waals surface area contributed by atoms with Crippen molar-refractivity contribution in [3.63, 3.8) is 0 Å². The first-order chi connectivity index (χ1) is 9.72. The van der Waals surface area contributed by atoms with E-state index < -0.39 is 0 Å². The number of hydrogen-bond acceptors (Lipinski definition) is 3. The van der Waals surface area contributed by atoms with E-state index in [1.54, 1.807) is 7.11 Å². The van der Waals surface area contributed by atoms with Crippen molar-refractivity contribution in [3.05, 3.63) is 29.8 Å². The van der Waals surface area contributed by atoms with Gasteiger partial charge in [0.25, 0.3) is 0 Å². The van der Waals surface area contributed by atoms with E-state index in [4.69, 9.17) is 9.47 Å². The number of methoxy groups -OCH3 is 1. The van der Waals surface area contributed by atoms with Crippen molar-refractivity contribution in [3.8, 4) is 5.75 Å². The van der Waals surface area contributed by atoms with Gasteiger partial charge in [0.15, 0.2) is 0 Å². The highest BCUT2D eigenvalue weighted by atomic mass is 16.5. The third kappa shape index (κ3) is 3.99. The molecular weight excluding hydrogens is 252 g/mol. The number of esters is 1. The van der Waals surface area contributed by atoms with Crippen molar-refractivity contribution >= 4 is 5.97 Å². The second-order valence-electron chi connectivity index (χ2n) is 5.48. The molecule has 0 amide bonds. The quantitative estimate of drug-likeness (QED) is 0.768. The molecule has 0 aromatic heterocycles. The maximum atomic E-state index is 11.5. The Labute approximate surface area is 121 Å². The van der Waals surface area contributed by atoms with E-state index in [0.717, 1.165) is 31.4 Å². The summed E-state index contributed by atoms with van der Waals surface area (Å²) in [6.45, 7) is 1.85. The van der Waals surface area contributed by atoms with E-state index in [2.05, 4.69) is 12.1 Å². The average Bonchev–Trinajstić information content (AvgIpc) is 2.49. The minimum absolute atomic E-state index is 0.0763. The minimum atomic E-state index is -0.0763. The maximum Gasteiger partial charge on any atom is 0.305 e. The molecule has 0 bridgehead atoms. The van der Waals surface area contributed by atoms with E-state index in [1.807, 2.05) is 19.1 Å². The summed E-state index contributed by atoms with van der Waals surface area (Å²) in [5.74, 6) is 1.25. The van der Waals surface area contributed by atoms with Crippen molar-refractivity contribution in [2.45, 2.75) is 51.6 Å². The highest BCUT2D eigenvalue weighted by Gasteiger charge is 2.28. The Kier molecular flexibility index (Phi) is 5.45. The van der Waals surface area contributed by atoms with Crippen LogP contribution in [-0.2, 0) is 16.0 Å². The van der Waals surface area contributed by atoms with E-state index >= 15 is 0 Å². The fourth-order valence-corrected chi connectivity index (χ4v) is 2.92. The van der Waals surface area contributed by atoms with Crippen molar-refractivity contribution in [1.29, 1.82) is 0 Å². The summed E-state index contributed by atoms with van der Waals surface area (Å²) < 4.78 is 10.9. The van der Waals surface area contributed by atoms with Crippen LogP contribution in [0.15, 0.2) is 24.3 Å². The lowest BCUT2D eigenvalue weighted by molar-refractivity contribution is -0.153. The first-order valence-corrected chi connectivity index (χ1v) is 7.55. The maximum absolute atomic E-state index is 11.5. The Morgan fingerprint density at radius 1 is 1.30 bits per heavy atom. The molecule has 1 aliphatic rings. The number of rotatable bonds is 5. The van der Waals surface area contributed by atoms with E-state index in [0.29, 0.717) is 12.3 Å². The van der Waals surface area contributed by atoms with Crippen LogP contribution >= 0.6 is 0 Å². The van der Waals surface area contributed by atoms with Gasteiger partial charge in [-0.15, -0.1) is 0 Å². The fourth-order valence-electron chi connectivity index (χ4n) is 2.92. The number of carbonyl (C=O) groups excluding carboxylic acids is 1. The summed E-state index contributed by atoms with van der Waals surface area (Å²) in [5, 5.41) is 0. The molecule has 2 atom stereocenters. The molecule has 1 aromatic rings. The average molecular weight is 276 g/mol. The van der Waals surface area contributed by atoms with Crippen LogP contribution in [0.3, 0.4) is 0 Å². The van der Waals surface area contributed by atoms with Gasteiger partial charge in [0.2, 0.25) is 0 Å². The van der Waals surface area contributed by atoms with Crippen molar-refractivity contribution in [1.82, 2.24) is 0 Å². The lowest BCUT2D eigenvalue weighted by atomic mass is 9.82. The number of ether oxygens (including phenoxy) is 2. The van der Waals surface area contributed by atoms with Crippen LogP contribution in [0.5, 0.6) is 5.75 Å². The normalized spacial score (nSPS) is 22.3. The standard InChI is InChI=1S/C17H24O3/c1-3-17(18)20-16-10-5-4-8-14(16)11-13-7-6-9-15(12-13)19-2/h6-7,9,12,14,16H,3-5,8,10-11H2,1-2H3. The molecule has 110 valence electrons. The number of hydrogen-bond donors (Lipinski definition) is 0. The van der Waals surface area contributed by atoms with Gasteiger partial charge in [-0.25, -0.2) is 0 Å². The fraction of sp³-hybridized carbons (Fsp3) is 0.588. The Bertz CT molecular complexity index is 442. The SMILES string of the molecule is CCC(=O)OC1CCCCC1Cc1cccc(OC)c1. The van der Waals surface area contributed by atoms with Gasteiger partial charge in [0.05, 0.1) is 7.11 Å². The lowest BCUT2D eigenvalue weighted by Gasteiger charge is -2.31. The molecular formula is C17H24O3. The molecule has 3 heteroatoms. The predicted octanol–water partition coefficient (Wildman–Crippen LogP) is 3.75. The monoisotopic (exact) mass is 276 g/mol. The molecule has 1 aliphatic carbocycles. The molecule has 1 fully saturated rings. The third-order valence-corrected chi connectivity index (χ3v) is 4.04. The van der Waals surface area contributed by atoms with Crippen LogP contribution in [0.2, 0.25) is 0 Å². The molecule has 0 N–H and O–H groups in total. The summed E-state index contributed by atoms with van der Waals surface area (Å²) >= 11 is 0. The zero-order chi connectivity index (χ0) is 14.4. The lowest BCUT2D eigenvalue weighted by Crippen LogP contribution is -2.31. The zero-order valence-electron chi connectivity index (χ0n) is 12.4. The predicted molar refractivity (Wildman–Crippen MR) is 78.8 cm³/mol. The van der Waals surface area contributed by atoms with Gasteiger partial charge in [-0.1, -0.05) is 25.5 Å². The van der Waals surface area contributed by atoms with Crippen LogP contribution in [-0.4, -0.2) is 19.2 Å². The molecule has 1 saturated carbocycles. The van der Waals surface area contributed by atoms with E-state index in [-0.39, 0.29) is 12.1 Å². The van der Waals surface area contributed by atoms with Crippen molar-refractivity contribution < 1.29 is 14.3 Å². The van der Waals surface area contributed by atoms with Gasteiger partial charge in [-0.2, -0.15) is 0 Å². The van der Waals surface area contributed by atoms with E-state index in [1.165, 1.54) is 12.0 Å². The van der Waals surface area contributed by atoms with Crippen LogP contribution in [0, 0.1) is 5.92 Å². The first kappa shape index (κ1) is 14.9. The number of benzene rings is 1. The Morgan fingerprint density at radius 2 is 2.10 bits per heavy atom. The molecule has 0 saturated heterocycles. The van der Waals surface area contributed by atoms with Crippen LogP contribution in [0.4, 0.5) is 0 Å². The second-order valence-corrected chi connectivity index (χ2v) is 5.48. The summed E-state index contributed by atoms with van der Waals surface area (Å²) in [5.41, 5.74) is 1.26. The minimum Gasteiger partial charge on any atom is -0.497 e. The summed E-state index contributed by atoms with van der Waals surface area (Å²) in [7, 11) is 1.69. The van der Waals surface area contributed by atoms with Crippen molar-refractivity contribution in [2.24, 2.45) is 5.92 Å². The topological polar surface area (TPSA) is 35.5 Å². The van der Waals surface area contributed by atoms with Gasteiger partial charge >= 0.3 is 5.97 Å². The molecule has 0 heterocycles. The highest BCUT2D eigenvalue weighted by molar-refractivity contribution is 5.69.